The molecule has 1 heterocycles. The van der Waals surface area contributed by atoms with Crippen LogP contribution in [0.15, 0.2) is 0 Å². The van der Waals surface area contributed by atoms with Gasteiger partial charge in [-0.25, -0.2) is 12.7 Å². The highest BCUT2D eigenvalue weighted by Crippen LogP contribution is 2.37. The van der Waals surface area contributed by atoms with Crippen molar-refractivity contribution in [2.75, 3.05) is 18.8 Å². The zero-order valence-corrected chi connectivity index (χ0v) is 11.8. The normalized spacial score (nSPS) is 22.6. The molecule has 4 heteroatoms. The van der Waals surface area contributed by atoms with Crippen molar-refractivity contribution in [3.05, 3.63) is 0 Å². The largest absolute Gasteiger partial charge is 0.213 e. The van der Waals surface area contributed by atoms with Crippen molar-refractivity contribution in [2.45, 2.75) is 47.0 Å². The molecule has 0 aromatic rings. The Hall–Kier alpha value is -0.0900. The number of nitrogens with zero attached hydrogens (tertiary/aromatic N) is 1. The first-order valence-electron chi connectivity index (χ1n) is 6.27. The minimum Gasteiger partial charge on any atom is -0.212 e. The lowest BCUT2D eigenvalue weighted by Gasteiger charge is -2.39. The highest BCUT2D eigenvalue weighted by molar-refractivity contribution is 7.89. The van der Waals surface area contributed by atoms with Crippen LogP contribution >= 0.6 is 0 Å². The van der Waals surface area contributed by atoms with Gasteiger partial charge in [0, 0.05) is 13.1 Å². The highest BCUT2D eigenvalue weighted by atomic mass is 32.2. The molecule has 96 valence electrons. The predicted molar refractivity (Wildman–Crippen MR) is 67.8 cm³/mol. The summed E-state index contributed by atoms with van der Waals surface area (Å²) in [6.07, 6.45) is 3.21. The molecule has 0 atom stereocenters. The van der Waals surface area contributed by atoms with Crippen LogP contribution < -0.4 is 0 Å². The fourth-order valence-electron chi connectivity index (χ4n) is 2.68. The SMILES string of the molecule is CCS(=O)(=O)N1CCC(C)(CC(C)C)CC1. The molecule has 0 amide bonds. The molecule has 0 saturated carbocycles. The molecule has 1 fully saturated rings. The number of hydrogen-bond acceptors (Lipinski definition) is 2. The van der Waals surface area contributed by atoms with E-state index in [-0.39, 0.29) is 5.75 Å². The fraction of sp³-hybridized carbons (Fsp3) is 1.00. The maximum Gasteiger partial charge on any atom is 0.213 e. The Morgan fingerprint density at radius 2 is 1.75 bits per heavy atom. The Balaban J connectivity index is 2.57. The van der Waals surface area contributed by atoms with Gasteiger partial charge in [-0.3, -0.25) is 0 Å². The smallest absolute Gasteiger partial charge is 0.212 e. The average molecular weight is 247 g/mol. The minimum atomic E-state index is -2.97. The maximum atomic E-state index is 11.7. The molecule has 1 aliphatic heterocycles. The molecule has 0 N–H and O–H groups in total. The summed E-state index contributed by atoms with van der Waals surface area (Å²) in [7, 11) is -2.97. The second kappa shape index (κ2) is 5.05. The molecule has 3 nitrogen and oxygen atoms in total. The van der Waals surface area contributed by atoms with Gasteiger partial charge < -0.3 is 0 Å². The molecular weight excluding hydrogens is 222 g/mol. The van der Waals surface area contributed by atoms with E-state index >= 15 is 0 Å². The first kappa shape index (κ1) is 14.0. The van der Waals surface area contributed by atoms with Crippen molar-refractivity contribution in [1.82, 2.24) is 4.31 Å². The summed E-state index contributed by atoms with van der Waals surface area (Å²) < 4.78 is 25.1. The van der Waals surface area contributed by atoms with Gasteiger partial charge in [-0.1, -0.05) is 20.8 Å². The summed E-state index contributed by atoms with van der Waals surface area (Å²) >= 11 is 0. The van der Waals surface area contributed by atoms with Gasteiger partial charge in [0.05, 0.1) is 5.75 Å². The lowest BCUT2D eigenvalue weighted by atomic mass is 9.75. The van der Waals surface area contributed by atoms with Gasteiger partial charge in [0.2, 0.25) is 10.0 Å². The van der Waals surface area contributed by atoms with E-state index in [1.165, 1.54) is 6.42 Å². The first-order valence-corrected chi connectivity index (χ1v) is 7.88. The highest BCUT2D eigenvalue weighted by Gasteiger charge is 2.34. The van der Waals surface area contributed by atoms with Gasteiger partial charge in [-0.15, -0.1) is 0 Å². The quantitative estimate of drug-likeness (QED) is 0.765. The monoisotopic (exact) mass is 247 g/mol. The third kappa shape index (κ3) is 3.45. The van der Waals surface area contributed by atoms with E-state index in [0.29, 0.717) is 24.4 Å². The molecule has 0 unspecified atom stereocenters. The van der Waals surface area contributed by atoms with Gasteiger partial charge in [0.1, 0.15) is 0 Å². The lowest BCUT2D eigenvalue weighted by molar-refractivity contribution is 0.144. The van der Waals surface area contributed by atoms with Crippen LogP contribution in [-0.4, -0.2) is 31.6 Å². The maximum absolute atomic E-state index is 11.7. The Bertz CT molecular complexity index is 314. The molecule has 0 aromatic heterocycles. The third-order valence-electron chi connectivity index (χ3n) is 3.59. The van der Waals surface area contributed by atoms with Crippen LogP contribution in [0, 0.1) is 11.3 Å². The standard InChI is InChI=1S/C12H25NO2S/c1-5-16(14,15)13-8-6-12(4,7-9-13)10-11(2)3/h11H,5-10H2,1-4H3. The molecule has 0 aromatic carbocycles. The molecule has 16 heavy (non-hydrogen) atoms. The summed E-state index contributed by atoms with van der Waals surface area (Å²) in [5.74, 6) is 0.924. The number of hydrogen-bond donors (Lipinski definition) is 0. The average Bonchev–Trinajstić information content (AvgIpc) is 2.16. The Morgan fingerprint density at radius 3 is 2.12 bits per heavy atom. The van der Waals surface area contributed by atoms with Crippen molar-refractivity contribution in [2.24, 2.45) is 11.3 Å². The van der Waals surface area contributed by atoms with E-state index in [1.807, 2.05) is 0 Å². The summed E-state index contributed by atoms with van der Waals surface area (Å²) in [5.41, 5.74) is 0.341. The number of sulfonamides is 1. The fourth-order valence-corrected chi connectivity index (χ4v) is 3.78. The van der Waals surface area contributed by atoms with Gasteiger partial charge in [0.25, 0.3) is 0 Å². The van der Waals surface area contributed by atoms with Crippen molar-refractivity contribution in [1.29, 1.82) is 0 Å². The van der Waals surface area contributed by atoms with Crippen LogP contribution in [0.25, 0.3) is 0 Å². The molecule has 0 spiro atoms. The third-order valence-corrected chi connectivity index (χ3v) is 5.47. The summed E-state index contributed by atoms with van der Waals surface area (Å²) in [6, 6.07) is 0. The van der Waals surface area contributed by atoms with Crippen molar-refractivity contribution in [3.63, 3.8) is 0 Å². The van der Waals surface area contributed by atoms with Crippen LogP contribution in [0.4, 0.5) is 0 Å². The van der Waals surface area contributed by atoms with Gasteiger partial charge >= 0.3 is 0 Å². The van der Waals surface area contributed by atoms with Crippen LogP contribution in [-0.2, 0) is 10.0 Å². The van der Waals surface area contributed by atoms with Gasteiger partial charge in [-0.2, -0.15) is 0 Å². The Labute approximate surface area is 100 Å². The molecular formula is C12H25NO2S. The van der Waals surface area contributed by atoms with Crippen LogP contribution in [0.3, 0.4) is 0 Å². The molecule has 1 rings (SSSR count). The summed E-state index contributed by atoms with van der Waals surface area (Å²) in [5, 5.41) is 0. The van der Waals surface area contributed by atoms with E-state index in [0.717, 1.165) is 12.8 Å². The van der Waals surface area contributed by atoms with Crippen molar-refractivity contribution in [3.8, 4) is 0 Å². The van der Waals surface area contributed by atoms with E-state index in [4.69, 9.17) is 0 Å². The summed E-state index contributed by atoms with van der Waals surface area (Å²) in [4.78, 5) is 0. The molecule has 0 radical (unpaired) electrons. The number of piperidine rings is 1. The second-order valence-electron chi connectivity index (χ2n) is 5.71. The zero-order valence-electron chi connectivity index (χ0n) is 11.0. The lowest BCUT2D eigenvalue weighted by Crippen LogP contribution is -2.43. The summed E-state index contributed by atoms with van der Waals surface area (Å²) in [6.45, 7) is 9.90. The van der Waals surface area contributed by atoms with Crippen LogP contribution in [0.5, 0.6) is 0 Å². The second-order valence-corrected chi connectivity index (χ2v) is 7.97. The van der Waals surface area contributed by atoms with Gasteiger partial charge in [-0.05, 0) is 37.5 Å². The van der Waals surface area contributed by atoms with Crippen LogP contribution in [0.1, 0.15) is 47.0 Å². The molecule has 0 bridgehead atoms. The van der Waals surface area contributed by atoms with E-state index in [1.54, 1.807) is 11.2 Å². The van der Waals surface area contributed by atoms with E-state index in [2.05, 4.69) is 20.8 Å². The van der Waals surface area contributed by atoms with Crippen molar-refractivity contribution < 1.29 is 8.42 Å². The van der Waals surface area contributed by atoms with E-state index < -0.39 is 10.0 Å². The minimum absolute atomic E-state index is 0.230. The Morgan fingerprint density at radius 1 is 1.25 bits per heavy atom. The first-order chi connectivity index (χ1) is 7.29. The number of rotatable bonds is 4. The van der Waals surface area contributed by atoms with Crippen LogP contribution in [0.2, 0.25) is 0 Å². The predicted octanol–water partition coefficient (Wildman–Crippen LogP) is 2.48. The van der Waals surface area contributed by atoms with Crippen molar-refractivity contribution >= 4 is 10.0 Å². The van der Waals surface area contributed by atoms with E-state index in [9.17, 15) is 8.42 Å². The molecule has 1 saturated heterocycles. The molecule has 0 aliphatic carbocycles. The topological polar surface area (TPSA) is 37.4 Å². The van der Waals surface area contributed by atoms with Gasteiger partial charge in [0.15, 0.2) is 0 Å². The Kier molecular flexibility index (Phi) is 4.41. The molecule has 1 aliphatic rings. The zero-order chi connectivity index (χ0) is 12.4.